The van der Waals surface area contributed by atoms with Gasteiger partial charge in [-0.2, -0.15) is 0 Å². The molecule has 0 bridgehead atoms. The normalized spacial score (nSPS) is 22.3. The van der Waals surface area contributed by atoms with Crippen molar-refractivity contribution >= 4 is 46.7 Å². The van der Waals surface area contributed by atoms with Gasteiger partial charge in [0.05, 0.1) is 23.2 Å². The number of aromatic nitrogens is 1. The minimum Gasteiger partial charge on any atom is -0.494 e. The fourth-order valence-corrected chi connectivity index (χ4v) is 6.64. The zero-order chi connectivity index (χ0) is 22.2. The van der Waals surface area contributed by atoms with Gasteiger partial charge in [0.25, 0.3) is 0 Å². The monoisotopic (exact) mass is 464 g/mol. The van der Waals surface area contributed by atoms with Crippen LogP contribution >= 0.6 is 23.1 Å². The van der Waals surface area contributed by atoms with Gasteiger partial charge in [0, 0.05) is 10.8 Å². The molecule has 1 fully saturated rings. The molecule has 2 aromatic carbocycles. The maximum absolute atomic E-state index is 13.5. The third-order valence-electron chi connectivity index (χ3n) is 5.57. The zero-order valence-electron chi connectivity index (χ0n) is 17.2. The third-order valence-corrected chi connectivity index (χ3v) is 7.99. The number of anilines is 1. The number of imide groups is 1. The summed E-state index contributed by atoms with van der Waals surface area (Å²) in [5.41, 5.74) is 1.52. The first-order chi connectivity index (χ1) is 15.6. The molecule has 5 rings (SSSR count). The van der Waals surface area contributed by atoms with Crippen molar-refractivity contribution in [2.45, 2.75) is 23.1 Å². The molecule has 0 radical (unpaired) electrons. The lowest BCUT2D eigenvalue weighted by molar-refractivity contribution is -0.122. The molecule has 3 atom stereocenters. The molecule has 2 aliphatic heterocycles. The molecular weight excluding hydrogens is 444 g/mol. The van der Waals surface area contributed by atoms with E-state index in [-0.39, 0.29) is 22.6 Å². The second kappa shape index (κ2) is 8.44. The summed E-state index contributed by atoms with van der Waals surface area (Å²) in [4.78, 5) is 43.7. The van der Waals surface area contributed by atoms with Crippen molar-refractivity contribution < 1.29 is 14.3 Å². The van der Waals surface area contributed by atoms with Gasteiger partial charge in [0.15, 0.2) is 0 Å². The Morgan fingerprint density at radius 1 is 1.03 bits per heavy atom. The Labute approximate surface area is 192 Å². The number of aromatic amines is 1. The summed E-state index contributed by atoms with van der Waals surface area (Å²) in [5.74, 6) is -0.746. The number of nitrogens with one attached hydrogen (secondary N) is 1. The van der Waals surface area contributed by atoms with Gasteiger partial charge in [-0.1, -0.05) is 65.6 Å². The Bertz CT molecular complexity index is 1250. The highest BCUT2D eigenvalue weighted by molar-refractivity contribution is 8.00. The van der Waals surface area contributed by atoms with Crippen molar-refractivity contribution in [3.8, 4) is 5.75 Å². The number of allylic oxidation sites excluding steroid dienone is 1. The van der Waals surface area contributed by atoms with E-state index in [9.17, 15) is 14.4 Å². The number of ether oxygens (including phenoxy) is 1. The minimum absolute atomic E-state index is 0.177. The van der Waals surface area contributed by atoms with Crippen LogP contribution < -0.4 is 14.5 Å². The van der Waals surface area contributed by atoms with E-state index in [2.05, 4.69) is 4.98 Å². The first-order valence-corrected chi connectivity index (χ1v) is 12.0. The van der Waals surface area contributed by atoms with Crippen LogP contribution in [0.4, 0.5) is 5.69 Å². The highest BCUT2D eigenvalue weighted by Crippen LogP contribution is 2.51. The van der Waals surface area contributed by atoms with E-state index in [0.717, 1.165) is 21.8 Å². The Balaban J connectivity index is 1.52. The Hall–Kier alpha value is -3.10. The third kappa shape index (κ3) is 3.59. The van der Waals surface area contributed by atoms with Crippen LogP contribution in [0.2, 0.25) is 0 Å². The van der Waals surface area contributed by atoms with Crippen LogP contribution in [0, 0.1) is 5.92 Å². The topological polar surface area (TPSA) is 79.5 Å². The van der Waals surface area contributed by atoms with Crippen LogP contribution in [-0.4, -0.2) is 28.7 Å². The molecule has 1 N–H and O–H groups in total. The van der Waals surface area contributed by atoms with Gasteiger partial charge in [0.2, 0.25) is 11.8 Å². The lowest BCUT2D eigenvalue weighted by atomic mass is 9.88. The predicted octanol–water partition coefficient (Wildman–Crippen LogP) is 4.30. The molecule has 3 heterocycles. The smallest absolute Gasteiger partial charge is 0.305 e. The van der Waals surface area contributed by atoms with Gasteiger partial charge in [-0.15, -0.1) is 0 Å². The second-order valence-corrected chi connectivity index (χ2v) is 9.67. The lowest BCUT2D eigenvalue weighted by Gasteiger charge is -2.27. The lowest BCUT2D eigenvalue weighted by Crippen LogP contribution is -2.31. The molecule has 2 aliphatic rings. The van der Waals surface area contributed by atoms with Crippen molar-refractivity contribution in [2.75, 3.05) is 11.5 Å². The van der Waals surface area contributed by atoms with Crippen LogP contribution in [0.1, 0.15) is 23.3 Å². The molecule has 1 saturated heterocycles. The number of hydrogen-bond acceptors (Lipinski definition) is 6. The van der Waals surface area contributed by atoms with Crippen LogP contribution in [0.25, 0.3) is 6.08 Å². The van der Waals surface area contributed by atoms with E-state index in [1.54, 1.807) is 24.3 Å². The fourth-order valence-electron chi connectivity index (χ4n) is 4.16. The maximum atomic E-state index is 13.5. The largest absolute Gasteiger partial charge is 0.494 e. The summed E-state index contributed by atoms with van der Waals surface area (Å²) >= 11 is 2.39. The number of fused-ring (bicyclic) bond motifs is 2. The number of rotatable bonds is 5. The van der Waals surface area contributed by atoms with Crippen molar-refractivity contribution in [3.05, 3.63) is 80.8 Å². The highest BCUT2D eigenvalue weighted by Gasteiger charge is 2.55. The number of carbonyl (C=O) groups is 2. The van der Waals surface area contributed by atoms with Crippen molar-refractivity contribution in [2.24, 2.45) is 5.92 Å². The molecular formula is C24H20N2O4S2. The number of thioether (sulfide) groups is 1. The predicted molar refractivity (Wildman–Crippen MR) is 126 cm³/mol. The molecule has 0 saturated carbocycles. The average molecular weight is 465 g/mol. The van der Waals surface area contributed by atoms with E-state index < -0.39 is 11.2 Å². The van der Waals surface area contributed by atoms with Gasteiger partial charge in [-0.3, -0.25) is 14.4 Å². The molecule has 6 nitrogen and oxygen atoms in total. The van der Waals surface area contributed by atoms with Crippen molar-refractivity contribution in [1.82, 2.24) is 4.98 Å². The number of carbonyl (C=O) groups excluding carboxylic acids is 2. The van der Waals surface area contributed by atoms with E-state index in [0.29, 0.717) is 23.1 Å². The van der Waals surface area contributed by atoms with Crippen LogP contribution in [0.5, 0.6) is 5.75 Å². The minimum atomic E-state index is -0.586. The molecule has 2 amide bonds. The first kappa shape index (κ1) is 20.8. The van der Waals surface area contributed by atoms with Gasteiger partial charge in [-0.05, 0) is 36.8 Å². The number of H-pyrrole nitrogens is 1. The molecule has 0 unspecified atom stereocenters. The van der Waals surface area contributed by atoms with E-state index >= 15 is 0 Å². The van der Waals surface area contributed by atoms with E-state index in [1.165, 1.54) is 16.7 Å². The van der Waals surface area contributed by atoms with Gasteiger partial charge < -0.3 is 9.72 Å². The Morgan fingerprint density at radius 3 is 2.50 bits per heavy atom. The summed E-state index contributed by atoms with van der Waals surface area (Å²) in [6.07, 6.45) is 3.89. The Kier molecular flexibility index (Phi) is 5.48. The number of thiazole rings is 1. The molecule has 162 valence electrons. The number of benzene rings is 2. The highest BCUT2D eigenvalue weighted by atomic mass is 32.2. The SMILES string of the molecule is CCOc1ccc(N2C(=O)[C@H]3[C@H](Sc4[nH]c(=O)sc4[C@H]3/C=C/c3ccccc3)C2=O)cc1. The number of nitrogens with zero attached hydrogens (tertiary/aromatic N) is 1. The average Bonchev–Trinajstić information content (AvgIpc) is 3.29. The molecule has 8 heteroatoms. The molecule has 1 aromatic heterocycles. The fraction of sp³-hybridized carbons (Fsp3) is 0.208. The molecule has 0 aliphatic carbocycles. The zero-order valence-corrected chi connectivity index (χ0v) is 18.8. The standard InChI is InChI=1S/C24H20N2O4S2/c1-2-30-16-11-9-15(10-12-16)26-22(27)18-17(13-8-14-6-4-3-5-7-14)19-21(25-24(29)32-19)31-20(18)23(26)28/h3-13,17-18,20H,2H2,1H3,(H,25,29)/b13-8+/t17-,18+,20-/m0/s1. The van der Waals surface area contributed by atoms with E-state index in [4.69, 9.17) is 4.74 Å². The van der Waals surface area contributed by atoms with Crippen LogP contribution in [0.15, 0.2) is 70.5 Å². The summed E-state index contributed by atoms with van der Waals surface area (Å²) in [5, 5.41) is 0.0934. The van der Waals surface area contributed by atoms with Crippen molar-refractivity contribution in [1.29, 1.82) is 0 Å². The van der Waals surface area contributed by atoms with Crippen LogP contribution in [0.3, 0.4) is 0 Å². The summed E-state index contributed by atoms with van der Waals surface area (Å²) < 4.78 is 5.47. The summed E-state index contributed by atoms with van der Waals surface area (Å²) in [7, 11) is 0. The Morgan fingerprint density at radius 2 is 1.78 bits per heavy atom. The molecule has 32 heavy (non-hydrogen) atoms. The van der Waals surface area contributed by atoms with Gasteiger partial charge in [-0.25, -0.2) is 4.90 Å². The van der Waals surface area contributed by atoms with Crippen molar-refractivity contribution in [3.63, 3.8) is 0 Å². The number of amides is 2. The quantitative estimate of drug-likeness (QED) is 0.570. The summed E-state index contributed by atoms with van der Waals surface area (Å²) in [6.45, 7) is 2.44. The summed E-state index contributed by atoms with van der Waals surface area (Å²) in [6, 6.07) is 16.7. The molecule has 3 aromatic rings. The van der Waals surface area contributed by atoms with Crippen LogP contribution in [-0.2, 0) is 9.59 Å². The molecule has 0 spiro atoms. The maximum Gasteiger partial charge on any atom is 0.305 e. The van der Waals surface area contributed by atoms with Gasteiger partial charge >= 0.3 is 4.87 Å². The van der Waals surface area contributed by atoms with E-state index in [1.807, 2.05) is 49.4 Å². The van der Waals surface area contributed by atoms with Gasteiger partial charge in [0.1, 0.15) is 11.0 Å². The second-order valence-electron chi connectivity index (χ2n) is 7.51. The number of hydrogen-bond donors (Lipinski definition) is 1. The first-order valence-electron chi connectivity index (χ1n) is 10.3.